The van der Waals surface area contributed by atoms with Gasteiger partial charge in [0.05, 0.1) is 32.6 Å². The summed E-state index contributed by atoms with van der Waals surface area (Å²) >= 11 is 0. The van der Waals surface area contributed by atoms with Gasteiger partial charge in [0, 0.05) is 18.3 Å². The Labute approximate surface area is 142 Å². The number of benzene rings is 1. The van der Waals surface area contributed by atoms with Crippen molar-refractivity contribution >= 4 is 17.6 Å². The van der Waals surface area contributed by atoms with E-state index in [1.165, 1.54) is 42.5 Å². The quantitative estimate of drug-likeness (QED) is 0.777. The Bertz CT molecular complexity index is 798. The van der Waals surface area contributed by atoms with E-state index < -0.39 is 23.6 Å². The molecule has 8 heteroatoms. The van der Waals surface area contributed by atoms with E-state index >= 15 is 0 Å². The molecule has 1 heterocycles. The number of hydrogen-bond donors (Lipinski definition) is 0. The monoisotopic (exact) mass is 351 g/mol. The summed E-state index contributed by atoms with van der Waals surface area (Å²) in [6.45, 7) is 0. The number of carbonyl (C=O) groups is 2. The number of halogens is 2. The fourth-order valence-corrected chi connectivity index (χ4v) is 2.20. The molecule has 25 heavy (non-hydrogen) atoms. The van der Waals surface area contributed by atoms with Crippen molar-refractivity contribution in [3.63, 3.8) is 0 Å². The van der Waals surface area contributed by atoms with Crippen molar-refractivity contribution in [1.82, 2.24) is 0 Å². The summed E-state index contributed by atoms with van der Waals surface area (Å²) in [6.07, 6.45) is 5.75. The predicted octanol–water partition coefficient (Wildman–Crippen LogP) is 2.46. The van der Waals surface area contributed by atoms with Crippen LogP contribution in [0.3, 0.4) is 0 Å². The third-order valence-corrected chi connectivity index (χ3v) is 3.37. The van der Waals surface area contributed by atoms with Gasteiger partial charge in [0.25, 0.3) is 0 Å². The minimum absolute atomic E-state index is 0.0532. The molecule has 0 fully saturated rings. The van der Waals surface area contributed by atoms with Crippen LogP contribution in [0.4, 0.5) is 14.5 Å². The number of rotatable bonds is 4. The van der Waals surface area contributed by atoms with Crippen LogP contribution in [0.1, 0.15) is 0 Å². The van der Waals surface area contributed by atoms with Crippen molar-refractivity contribution in [2.24, 2.45) is 0 Å². The highest BCUT2D eigenvalue weighted by molar-refractivity contribution is 6.05. The Morgan fingerprint density at radius 1 is 1.00 bits per heavy atom. The number of carbonyl (C=O) groups excluding carboxylic acids is 2. The van der Waals surface area contributed by atoms with Crippen molar-refractivity contribution < 1.29 is 32.6 Å². The molecule has 0 atom stereocenters. The lowest BCUT2D eigenvalue weighted by atomic mass is 10.1. The van der Waals surface area contributed by atoms with Crippen molar-refractivity contribution in [2.45, 2.75) is 0 Å². The summed E-state index contributed by atoms with van der Waals surface area (Å²) in [5.41, 5.74) is -0.270. The molecule has 0 N–H and O–H groups in total. The third-order valence-electron chi connectivity index (χ3n) is 3.37. The molecule has 132 valence electrons. The maximum absolute atomic E-state index is 13.9. The van der Waals surface area contributed by atoms with Crippen molar-refractivity contribution in [3.05, 3.63) is 59.5 Å². The molecule has 0 radical (unpaired) electrons. The van der Waals surface area contributed by atoms with Crippen LogP contribution in [-0.4, -0.2) is 33.3 Å². The average Bonchev–Trinajstić information content (AvgIpc) is 2.85. The normalized spacial score (nSPS) is 13.6. The number of hydrogen-bond acceptors (Lipinski definition) is 6. The van der Waals surface area contributed by atoms with Gasteiger partial charge in [-0.25, -0.2) is 14.0 Å². The molecule has 0 aliphatic carbocycles. The fraction of sp³-hybridized carbons (Fsp3) is 0.176. The third kappa shape index (κ3) is 3.52. The van der Waals surface area contributed by atoms with E-state index in [4.69, 9.17) is 9.47 Å². The smallest absolute Gasteiger partial charge is 0.355 e. The topological polar surface area (TPSA) is 65.1 Å². The van der Waals surface area contributed by atoms with E-state index in [0.29, 0.717) is 0 Å². The molecule has 0 saturated carbocycles. The van der Waals surface area contributed by atoms with Crippen LogP contribution in [0.5, 0.6) is 5.75 Å². The van der Waals surface area contributed by atoms with Gasteiger partial charge in [-0.3, -0.25) is 0 Å². The number of allylic oxidation sites excluding steroid dienone is 2. The Morgan fingerprint density at radius 3 is 2.28 bits per heavy atom. The van der Waals surface area contributed by atoms with E-state index in [1.54, 1.807) is 0 Å². The second kappa shape index (κ2) is 7.61. The van der Waals surface area contributed by atoms with Crippen LogP contribution in [0, 0.1) is 11.6 Å². The van der Waals surface area contributed by atoms with E-state index in [2.05, 4.69) is 4.74 Å². The lowest BCUT2D eigenvalue weighted by Gasteiger charge is -2.23. The summed E-state index contributed by atoms with van der Waals surface area (Å²) in [5, 5.41) is 0. The van der Waals surface area contributed by atoms with E-state index in [9.17, 15) is 18.4 Å². The molecule has 0 bridgehead atoms. The van der Waals surface area contributed by atoms with Crippen molar-refractivity contribution in [3.8, 4) is 5.75 Å². The lowest BCUT2D eigenvalue weighted by molar-refractivity contribution is -0.139. The molecule has 1 aliphatic rings. The van der Waals surface area contributed by atoms with Crippen LogP contribution in [0.25, 0.3) is 0 Å². The van der Waals surface area contributed by atoms with Gasteiger partial charge in [-0.05, 0) is 12.2 Å². The van der Waals surface area contributed by atoms with Gasteiger partial charge in [-0.15, -0.1) is 0 Å². The van der Waals surface area contributed by atoms with Crippen LogP contribution < -0.4 is 9.64 Å². The second-order valence-corrected chi connectivity index (χ2v) is 4.76. The van der Waals surface area contributed by atoms with Gasteiger partial charge in [-0.1, -0.05) is 6.08 Å². The van der Waals surface area contributed by atoms with Crippen molar-refractivity contribution in [2.75, 3.05) is 26.2 Å². The summed E-state index contributed by atoms with van der Waals surface area (Å²) in [4.78, 5) is 25.4. The Hall–Kier alpha value is -3.16. The van der Waals surface area contributed by atoms with Gasteiger partial charge >= 0.3 is 11.9 Å². The van der Waals surface area contributed by atoms with Crippen LogP contribution >= 0.6 is 0 Å². The molecule has 1 aromatic carbocycles. The van der Waals surface area contributed by atoms with Crippen LogP contribution in [0.2, 0.25) is 0 Å². The minimum atomic E-state index is -1.18. The SMILES string of the molecule is COC(=O)C1=C(C(=O)OC)N(c2cc(F)c(F)c(OC)c2)C=CC=C1. The van der Waals surface area contributed by atoms with Gasteiger partial charge in [-0.2, -0.15) is 4.39 Å². The van der Waals surface area contributed by atoms with Crippen LogP contribution in [-0.2, 0) is 19.1 Å². The van der Waals surface area contributed by atoms with Crippen LogP contribution in [0.15, 0.2) is 47.8 Å². The molecule has 0 aromatic heterocycles. The molecule has 0 spiro atoms. The highest BCUT2D eigenvalue weighted by atomic mass is 19.2. The zero-order valence-corrected chi connectivity index (χ0v) is 13.7. The molecule has 1 aliphatic heterocycles. The Kier molecular flexibility index (Phi) is 5.53. The van der Waals surface area contributed by atoms with Gasteiger partial charge < -0.3 is 19.1 Å². The number of methoxy groups -OCH3 is 3. The number of ether oxygens (including phenoxy) is 3. The van der Waals surface area contributed by atoms with E-state index in [0.717, 1.165) is 20.3 Å². The van der Waals surface area contributed by atoms with E-state index in [-0.39, 0.29) is 22.7 Å². The summed E-state index contributed by atoms with van der Waals surface area (Å²) in [5.74, 6) is -4.35. The molecule has 6 nitrogen and oxygen atoms in total. The molecule has 0 saturated heterocycles. The first-order chi connectivity index (χ1) is 11.9. The highest BCUT2D eigenvalue weighted by Gasteiger charge is 2.28. The number of nitrogens with zero attached hydrogens (tertiary/aromatic N) is 1. The molecule has 2 rings (SSSR count). The first-order valence-corrected chi connectivity index (χ1v) is 7.02. The second-order valence-electron chi connectivity index (χ2n) is 4.76. The molecule has 0 amide bonds. The molecular weight excluding hydrogens is 336 g/mol. The first kappa shape index (κ1) is 18.2. The van der Waals surface area contributed by atoms with E-state index in [1.807, 2.05) is 0 Å². The Morgan fingerprint density at radius 2 is 1.68 bits per heavy atom. The first-order valence-electron chi connectivity index (χ1n) is 7.02. The maximum atomic E-state index is 13.9. The largest absolute Gasteiger partial charge is 0.493 e. The zero-order chi connectivity index (χ0) is 18.6. The van der Waals surface area contributed by atoms with Gasteiger partial charge in [0.15, 0.2) is 11.6 Å². The summed E-state index contributed by atoms with van der Waals surface area (Å²) in [6, 6.07) is 2.05. The minimum Gasteiger partial charge on any atom is -0.493 e. The molecular formula is C17H15F2NO5. The predicted molar refractivity (Wildman–Crippen MR) is 84.7 cm³/mol. The lowest BCUT2D eigenvalue weighted by Crippen LogP contribution is -2.27. The maximum Gasteiger partial charge on any atom is 0.355 e. The zero-order valence-electron chi connectivity index (χ0n) is 13.7. The number of anilines is 1. The molecule has 0 unspecified atom stereocenters. The summed E-state index contributed by atoms with van der Waals surface area (Å²) < 4.78 is 41.7. The fourth-order valence-electron chi connectivity index (χ4n) is 2.20. The average molecular weight is 351 g/mol. The highest BCUT2D eigenvalue weighted by Crippen LogP contribution is 2.32. The Balaban J connectivity index is 2.71. The van der Waals surface area contributed by atoms with Gasteiger partial charge in [0.1, 0.15) is 5.70 Å². The standard InChI is InChI=1S/C17H15F2NO5/c1-23-13-9-10(8-12(18)14(13)19)20-7-5-4-6-11(16(21)24-2)15(20)17(22)25-3/h4-9H,1-3H3. The van der Waals surface area contributed by atoms with Crippen molar-refractivity contribution in [1.29, 1.82) is 0 Å². The number of esters is 2. The van der Waals surface area contributed by atoms with Gasteiger partial charge in [0.2, 0.25) is 5.82 Å². The summed E-state index contributed by atoms with van der Waals surface area (Å²) in [7, 11) is 3.46. The molecule has 1 aromatic rings.